The van der Waals surface area contributed by atoms with Gasteiger partial charge in [0.2, 0.25) is 0 Å². The van der Waals surface area contributed by atoms with Gasteiger partial charge in [0, 0.05) is 0 Å². The SMILES string of the molecule is CCCCCCCC(CCCCCCC)C(=O)OCCCCCCCC=NCCO. The van der Waals surface area contributed by atoms with Crippen molar-refractivity contribution < 1.29 is 14.6 Å². The molecule has 0 radical (unpaired) electrons. The van der Waals surface area contributed by atoms with Gasteiger partial charge in [-0.05, 0) is 38.3 Å². The van der Waals surface area contributed by atoms with Gasteiger partial charge >= 0.3 is 5.97 Å². The fraction of sp³-hybridized carbons (Fsp3) is 0.923. The molecule has 1 N–H and O–H groups in total. The molecule has 0 saturated carbocycles. The summed E-state index contributed by atoms with van der Waals surface area (Å²) in [6, 6.07) is 0. The van der Waals surface area contributed by atoms with Crippen LogP contribution in [0.3, 0.4) is 0 Å². The Morgan fingerprint density at radius 3 is 1.93 bits per heavy atom. The van der Waals surface area contributed by atoms with E-state index in [0.29, 0.717) is 13.2 Å². The monoisotopic (exact) mass is 425 g/mol. The lowest BCUT2D eigenvalue weighted by Crippen LogP contribution is -2.18. The summed E-state index contributed by atoms with van der Waals surface area (Å²) in [7, 11) is 0. The molecule has 30 heavy (non-hydrogen) atoms. The number of esters is 1. The van der Waals surface area contributed by atoms with E-state index in [9.17, 15) is 4.79 Å². The van der Waals surface area contributed by atoms with E-state index in [1.54, 1.807) is 0 Å². The topological polar surface area (TPSA) is 58.9 Å². The summed E-state index contributed by atoms with van der Waals surface area (Å²) in [6.07, 6.45) is 23.1. The molecule has 0 aliphatic carbocycles. The Balaban J connectivity index is 3.90. The van der Waals surface area contributed by atoms with E-state index in [-0.39, 0.29) is 18.5 Å². The first-order valence-electron chi connectivity index (χ1n) is 13.0. The molecule has 0 spiro atoms. The zero-order chi connectivity index (χ0) is 22.1. The molecule has 0 amide bonds. The molecule has 0 aromatic carbocycles. The largest absolute Gasteiger partial charge is 0.465 e. The third-order valence-electron chi connectivity index (χ3n) is 5.73. The highest BCUT2D eigenvalue weighted by molar-refractivity contribution is 5.72. The van der Waals surface area contributed by atoms with Crippen molar-refractivity contribution in [2.75, 3.05) is 19.8 Å². The van der Waals surface area contributed by atoms with E-state index >= 15 is 0 Å². The third kappa shape index (κ3) is 20.4. The van der Waals surface area contributed by atoms with Crippen LogP contribution in [0.5, 0.6) is 0 Å². The molecule has 0 unspecified atom stereocenters. The van der Waals surface area contributed by atoms with Gasteiger partial charge in [0.15, 0.2) is 0 Å². The number of carbonyl (C=O) groups excluding carboxylic acids is 1. The zero-order valence-electron chi connectivity index (χ0n) is 20.2. The highest BCUT2D eigenvalue weighted by atomic mass is 16.5. The smallest absolute Gasteiger partial charge is 0.308 e. The van der Waals surface area contributed by atoms with Crippen LogP contribution in [0.2, 0.25) is 0 Å². The maximum absolute atomic E-state index is 12.6. The molecule has 0 saturated heterocycles. The van der Waals surface area contributed by atoms with Gasteiger partial charge in [-0.2, -0.15) is 0 Å². The fourth-order valence-electron chi connectivity index (χ4n) is 3.77. The molecule has 4 heteroatoms. The van der Waals surface area contributed by atoms with E-state index in [2.05, 4.69) is 18.8 Å². The van der Waals surface area contributed by atoms with Gasteiger partial charge < -0.3 is 9.84 Å². The van der Waals surface area contributed by atoms with Crippen LogP contribution < -0.4 is 0 Å². The first-order chi connectivity index (χ1) is 14.8. The van der Waals surface area contributed by atoms with E-state index in [0.717, 1.165) is 51.4 Å². The van der Waals surface area contributed by atoms with Crippen LogP contribution in [-0.2, 0) is 9.53 Å². The number of unbranched alkanes of at least 4 members (excludes halogenated alkanes) is 13. The summed E-state index contributed by atoms with van der Waals surface area (Å²) in [4.78, 5) is 16.7. The number of nitrogens with zero attached hydrogens (tertiary/aromatic N) is 1. The van der Waals surface area contributed by atoms with Crippen molar-refractivity contribution in [2.24, 2.45) is 10.9 Å². The molecule has 178 valence electrons. The van der Waals surface area contributed by atoms with Crippen LogP contribution in [0, 0.1) is 5.92 Å². The molecule has 0 atom stereocenters. The summed E-state index contributed by atoms with van der Waals surface area (Å²) in [5.74, 6) is 0.174. The molecular weight excluding hydrogens is 374 g/mol. The summed E-state index contributed by atoms with van der Waals surface area (Å²) in [6.45, 7) is 5.71. The number of aliphatic hydroxyl groups excluding tert-OH is 1. The quantitative estimate of drug-likeness (QED) is 0.106. The highest BCUT2D eigenvalue weighted by Gasteiger charge is 2.19. The maximum atomic E-state index is 12.6. The molecule has 0 aromatic rings. The summed E-state index contributed by atoms with van der Waals surface area (Å²) in [5, 5.41) is 8.66. The first kappa shape index (κ1) is 29.1. The number of aliphatic hydroxyl groups is 1. The Labute approximate surface area is 187 Å². The predicted octanol–water partition coefficient (Wildman–Crippen LogP) is 7.27. The number of carbonyl (C=O) groups is 1. The van der Waals surface area contributed by atoms with Gasteiger partial charge in [-0.25, -0.2) is 0 Å². The number of hydrogen-bond donors (Lipinski definition) is 1. The average molecular weight is 426 g/mol. The molecule has 0 heterocycles. The summed E-state index contributed by atoms with van der Waals surface area (Å²) in [5.41, 5.74) is 0. The third-order valence-corrected chi connectivity index (χ3v) is 5.73. The van der Waals surface area contributed by atoms with Crippen molar-refractivity contribution in [2.45, 2.75) is 129 Å². The molecule has 0 aliphatic heterocycles. The number of rotatable bonds is 23. The van der Waals surface area contributed by atoms with Gasteiger partial charge in [-0.15, -0.1) is 0 Å². The van der Waals surface area contributed by atoms with E-state index in [1.165, 1.54) is 64.2 Å². The second-order valence-corrected chi connectivity index (χ2v) is 8.64. The molecule has 0 bridgehead atoms. The Hall–Kier alpha value is -0.900. The number of hydrogen-bond acceptors (Lipinski definition) is 4. The van der Waals surface area contributed by atoms with Crippen molar-refractivity contribution in [3.63, 3.8) is 0 Å². The fourth-order valence-corrected chi connectivity index (χ4v) is 3.77. The minimum Gasteiger partial charge on any atom is -0.465 e. The Morgan fingerprint density at radius 1 is 0.800 bits per heavy atom. The van der Waals surface area contributed by atoms with Crippen molar-refractivity contribution in [3.8, 4) is 0 Å². The zero-order valence-corrected chi connectivity index (χ0v) is 20.2. The highest BCUT2D eigenvalue weighted by Crippen LogP contribution is 2.20. The average Bonchev–Trinajstić information content (AvgIpc) is 2.75. The van der Waals surface area contributed by atoms with Gasteiger partial charge in [0.1, 0.15) is 0 Å². The van der Waals surface area contributed by atoms with Crippen molar-refractivity contribution >= 4 is 12.2 Å². The predicted molar refractivity (Wildman–Crippen MR) is 129 cm³/mol. The van der Waals surface area contributed by atoms with E-state index in [1.807, 2.05) is 6.21 Å². The Bertz CT molecular complexity index is 370. The van der Waals surface area contributed by atoms with Crippen LogP contribution in [0.4, 0.5) is 0 Å². The van der Waals surface area contributed by atoms with Gasteiger partial charge in [0.05, 0.1) is 25.7 Å². The lowest BCUT2D eigenvalue weighted by molar-refractivity contribution is -0.149. The molecule has 0 rings (SSSR count). The van der Waals surface area contributed by atoms with Crippen LogP contribution in [0.15, 0.2) is 4.99 Å². The second kappa shape index (κ2) is 24.4. The first-order valence-corrected chi connectivity index (χ1v) is 13.0. The second-order valence-electron chi connectivity index (χ2n) is 8.64. The standard InChI is InChI=1S/C26H51NO3/c1-3-5-7-11-15-19-25(20-16-12-8-6-4-2)26(29)30-24-18-14-10-9-13-17-21-27-22-23-28/h21,25,28H,3-20,22-24H2,1-2H3. The summed E-state index contributed by atoms with van der Waals surface area (Å²) < 4.78 is 5.65. The van der Waals surface area contributed by atoms with Crippen molar-refractivity contribution in [1.82, 2.24) is 0 Å². The van der Waals surface area contributed by atoms with Crippen LogP contribution in [-0.4, -0.2) is 37.0 Å². The van der Waals surface area contributed by atoms with Gasteiger partial charge in [0.25, 0.3) is 0 Å². The maximum Gasteiger partial charge on any atom is 0.308 e. The number of aliphatic imine (C=N–C) groups is 1. The van der Waals surface area contributed by atoms with Crippen LogP contribution in [0.1, 0.15) is 129 Å². The summed E-state index contributed by atoms with van der Waals surface area (Å²) >= 11 is 0. The van der Waals surface area contributed by atoms with Gasteiger partial charge in [-0.1, -0.05) is 97.3 Å². The molecule has 0 fully saturated rings. The molecule has 4 nitrogen and oxygen atoms in total. The van der Waals surface area contributed by atoms with Crippen molar-refractivity contribution in [3.05, 3.63) is 0 Å². The minimum absolute atomic E-state index is 0.0566. The molecule has 0 aromatic heterocycles. The number of ether oxygens (including phenoxy) is 1. The van der Waals surface area contributed by atoms with Crippen LogP contribution in [0.25, 0.3) is 0 Å². The molecule has 0 aliphatic rings. The van der Waals surface area contributed by atoms with E-state index < -0.39 is 0 Å². The Morgan fingerprint density at radius 2 is 1.33 bits per heavy atom. The lowest BCUT2D eigenvalue weighted by atomic mass is 9.94. The van der Waals surface area contributed by atoms with Crippen LogP contribution >= 0.6 is 0 Å². The van der Waals surface area contributed by atoms with Gasteiger partial charge in [-0.3, -0.25) is 9.79 Å². The lowest BCUT2D eigenvalue weighted by Gasteiger charge is -2.16. The molecular formula is C26H51NO3. The minimum atomic E-state index is 0.0566. The van der Waals surface area contributed by atoms with Crippen molar-refractivity contribution in [1.29, 1.82) is 0 Å². The van der Waals surface area contributed by atoms with E-state index in [4.69, 9.17) is 9.84 Å². The Kier molecular flexibility index (Phi) is 23.6. The normalized spacial score (nSPS) is 11.6.